The topological polar surface area (TPSA) is 44.7 Å². The van der Waals surface area contributed by atoms with E-state index >= 15 is 0 Å². The van der Waals surface area contributed by atoms with Crippen LogP contribution < -0.4 is 10.1 Å². The van der Waals surface area contributed by atoms with Crippen LogP contribution in [0.1, 0.15) is 30.9 Å². The number of piperazine rings is 1. The Morgan fingerprint density at radius 1 is 1.35 bits per heavy atom. The smallest absolute Gasteiger partial charge is 0.120 e. The highest BCUT2D eigenvalue weighted by Gasteiger charge is 2.31. The largest absolute Gasteiger partial charge is 0.508 e. The Morgan fingerprint density at radius 3 is 2.75 bits per heavy atom. The summed E-state index contributed by atoms with van der Waals surface area (Å²) in [5.74, 6) is 2.06. The number of rotatable bonds is 5. The van der Waals surface area contributed by atoms with E-state index in [1.807, 2.05) is 12.1 Å². The molecule has 1 aliphatic carbocycles. The Bertz CT molecular complexity index is 454. The van der Waals surface area contributed by atoms with Crippen molar-refractivity contribution < 1.29 is 9.84 Å². The van der Waals surface area contributed by atoms with Crippen LogP contribution in [-0.2, 0) is 0 Å². The van der Waals surface area contributed by atoms with Gasteiger partial charge in [-0.25, -0.2) is 0 Å². The van der Waals surface area contributed by atoms with Crippen LogP contribution in [0.25, 0.3) is 0 Å². The molecule has 0 amide bonds. The number of nitrogens with zero attached hydrogens (tertiary/aromatic N) is 1. The van der Waals surface area contributed by atoms with Crippen LogP contribution in [0, 0.1) is 5.92 Å². The quantitative estimate of drug-likeness (QED) is 0.865. The van der Waals surface area contributed by atoms with E-state index in [9.17, 15) is 5.11 Å². The molecule has 1 heterocycles. The highest BCUT2D eigenvalue weighted by atomic mass is 16.5. The Kier molecular flexibility index (Phi) is 4.13. The van der Waals surface area contributed by atoms with Crippen LogP contribution in [0.3, 0.4) is 0 Å². The zero-order valence-corrected chi connectivity index (χ0v) is 12.1. The normalized spacial score (nSPS) is 21.6. The summed E-state index contributed by atoms with van der Waals surface area (Å²) in [4.78, 5) is 2.50. The second-order valence-corrected chi connectivity index (χ2v) is 5.91. The molecule has 2 N–H and O–H groups in total. The summed E-state index contributed by atoms with van der Waals surface area (Å²) in [6.45, 7) is 4.17. The molecule has 1 saturated carbocycles. The fraction of sp³-hybridized carbons (Fsp3) is 0.625. The Balaban J connectivity index is 1.86. The molecule has 0 unspecified atom stereocenters. The summed E-state index contributed by atoms with van der Waals surface area (Å²) >= 11 is 0. The van der Waals surface area contributed by atoms with E-state index in [0.29, 0.717) is 11.8 Å². The molecule has 1 aromatic carbocycles. The molecule has 0 bridgehead atoms. The molecular weight excluding hydrogens is 252 g/mol. The highest BCUT2D eigenvalue weighted by Crippen LogP contribution is 2.43. The zero-order chi connectivity index (χ0) is 13.9. The van der Waals surface area contributed by atoms with Gasteiger partial charge in [0.2, 0.25) is 0 Å². The highest BCUT2D eigenvalue weighted by molar-refractivity contribution is 5.41. The number of phenols is 1. The summed E-state index contributed by atoms with van der Waals surface area (Å²) in [7, 11) is 1.68. The van der Waals surface area contributed by atoms with Gasteiger partial charge in [0.1, 0.15) is 11.5 Å². The molecule has 0 spiro atoms. The van der Waals surface area contributed by atoms with Crippen LogP contribution in [0.2, 0.25) is 0 Å². The van der Waals surface area contributed by atoms with Gasteiger partial charge in [-0.05, 0) is 30.5 Å². The predicted octanol–water partition coefficient (Wildman–Crippen LogP) is 2.15. The first kappa shape index (κ1) is 13.7. The van der Waals surface area contributed by atoms with Gasteiger partial charge in [-0.15, -0.1) is 0 Å². The molecule has 1 saturated heterocycles. The fourth-order valence-corrected chi connectivity index (χ4v) is 3.06. The average molecular weight is 276 g/mol. The molecule has 1 aliphatic heterocycles. The maximum atomic E-state index is 10.3. The molecule has 4 nitrogen and oxygen atoms in total. The average Bonchev–Trinajstić information content (AvgIpc) is 3.31. The number of nitrogens with one attached hydrogen (secondary N) is 1. The van der Waals surface area contributed by atoms with E-state index in [1.165, 1.54) is 12.8 Å². The Morgan fingerprint density at radius 2 is 2.10 bits per heavy atom. The van der Waals surface area contributed by atoms with Crippen molar-refractivity contribution in [1.82, 2.24) is 10.2 Å². The number of benzene rings is 1. The van der Waals surface area contributed by atoms with Crippen molar-refractivity contribution in [3.05, 3.63) is 23.8 Å². The first-order valence-electron chi connectivity index (χ1n) is 7.59. The summed E-state index contributed by atoms with van der Waals surface area (Å²) in [5.41, 5.74) is 1.03. The van der Waals surface area contributed by atoms with Gasteiger partial charge >= 0.3 is 0 Å². The number of hydrogen-bond acceptors (Lipinski definition) is 4. The molecule has 3 rings (SSSR count). The minimum atomic E-state index is 0.319. The van der Waals surface area contributed by atoms with E-state index < -0.39 is 0 Å². The lowest BCUT2D eigenvalue weighted by molar-refractivity contribution is 0.158. The van der Waals surface area contributed by atoms with Gasteiger partial charge in [0.05, 0.1) is 7.11 Å². The Hall–Kier alpha value is -1.26. The third-order valence-electron chi connectivity index (χ3n) is 4.44. The molecule has 1 aromatic rings. The standard InChI is InChI=1S/C16H24N2O2/c1-20-13-4-5-16(19)14(11-13)15(10-12-2-3-12)18-8-6-17-7-9-18/h4-5,11-12,15,17,19H,2-3,6-10H2,1H3/t15-/m0/s1. The second-order valence-electron chi connectivity index (χ2n) is 5.91. The number of ether oxygens (including phenoxy) is 1. The SMILES string of the molecule is COc1ccc(O)c([C@H](CC2CC2)N2CCNCC2)c1. The molecular formula is C16H24N2O2. The van der Waals surface area contributed by atoms with E-state index in [-0.39, 0.29) is 0 Å². The van der Waals surface area contributed by atoms with Crippen LogP contribution in [-0.4, -0.2) is 43.3 Å². The summed E-state index contributed by atoms with van der Waals surface area (Å²) in [6, 6.07) is 5.91. The van der Waals surface area contributed by atoms with Crippen molar-refractivity contribution >= 4 is 0 Å². The summed E-state index contributed by atoms with van der Waals surface area (Å²) in [6.07, 6.45) is 3.83. The van der Waals surface area contributed by atoms with Gasteiger partial charge < -0.3 is 15.2 Å². The third kappa shape index (κ3) is 3.07. The summed E-state index contributed by atoms with van der Waals surface area (Å²) in [5, 5.41) is 13.7. The molecule has 0 aromatic heterocycles. The lowest BCUT2D eigenvalue weighted by atomic mass is 9.97. The van der Waals surface area contributed by atoms with Gasteiger partial charge in [-0.2, -0.15) is 0 Å². The Labute approximate surface area is 120 Å². The molecule has 20 heavy (non-hydrogen) atoms. The molecule has 4 heteroatoms. The van der Waals surface area contributed by atoms with Crippen LogP contribution >= 0.6 is 0 Å². The van der Waals surface area contributed by atoms with E-state index in [2.05, 4.69) is 10.2 Å². The number of phenolic OH excluding ortho intramolecular Hbond substituents is 1. The second kappa shape index (κ2) is 6.02. The number of methoxy groups -OCH3 is 1. The molecule has 0 radical (unpaired) electrons. The van der Waals surface area contributed by atoms with Crippen molar-refractivity contribution in [2.75, 3.05) is 33.3 Å². The van der Waals surface area contributed by atoms with E-state index in [4.69, 9.17) is 4.74 Å². The van der Waals surface area contributed by atoms with Crippen molar-refractivity contribution in [1.29, 1.82) is 0 Å². The van der Waals surface area contributed by atoms with Crippen molar-refractivity contribution in [2.45, 2.75) is 25.3 Å². The van der Waals surface area contributed by atoms with Crippen molar-refractivity contribution in [3.8, 4) is 11.5 Å². The van der Waals surface area contributed by atoms with E-state index in [0.717, 1.165) is 49.8 Å². The zero-order valence-electron chi connectivity index (χ0n) is 12.1. The van der Waals surface area contributed by atoms with Crippen LogP contribution in [0.15, 0.2) is 18.2 Å². The number of hydrogen-bond donors (Lipinski definition) is 2. The van der Waals surface area contributed by atoms with Crippen molar-refractivity contribution in [3.63, 3.8) is 0 Å². The molecule has 1 atom stereocenters. The predicted molar refractivity (Wildman–Crippen MR) is 79.2 cm³/mol. The maximum Gasteiger partial charge on any atom is 0.120 e. The lowest BCUT2D eigenvalue weighted by Gasteiger charge is -2.35. The van der Waals surface area contributed by atoms with Gasteiger partial charge in [-0.1, -0.05) is 12.8 Å². The molecule has 2 fully saturated rings. The van der Waals surface area contributed by atoms with Crippen molar-refractivity contribution in [2.24, 2.45) is 5.92 Å². The number of aromatic hydroxyl groups is 1. The monoisotopic (exact) mass is 276 g/mol. The van der Waals surface area contributed by atoms with Gasteiger partial charge in [0.25, 0.3) is 0 Å². The molecule has 110 valence electrons. The summed E-state index contributed by atoms with van der Waals surface area (Å²) < 4.78 is 5.33. The van der Waals surface area contributed by atoms with Gasteiger partial charge in [0, 0.05) is 37.8 Å². The maximum absolute atomic E-state index is 10.3. The molecule has 2 aliphatic rings. The van der Waals surface area contributed by atoms with Crippen LogP contribution in [0.5, 0.6) is 11.5 Å². The van der Waals surface area contributed by atoms with Gasteiger partial charge in [-0.3, -0.25) is 4.90 Å². The van der Waals surface area contributed by atoms with E-state index in [1.54, 1.807) is 13.2 Å². The third-order valence-corrected chi connectivity index (χ3v) is 4.44. The van der Waals surface area contributed by atoms with Crippen LogP contribution in [0.4, 0.5) is 0 Å². The minimum Gasteiger partial charge on any atom is -0.508 e. The van der Waals surface area contributed by atoms with Gasteiger partial charge in [0.15, 0.2) is 0 Å². The lowest BCUT2D eigenvalue weighted by Crippen LogP contribution is -2.45. The first-order valence-corrected chi connectivity index (χ1v) is 7.59. The first-order chi connectivity index (χ1) is 9.78. The minimum absolute atomic E-state index is 0.319. The fourth-order valence-electron chi connectivity index (χ4n) is 3.06.